The Hall–Kier alpha value is -1.39. The van der Waals surface area contributed by atoms with Crippen molar-refractivity contribution in [1.29, 1.82) is 0 Å². The largest absolute Gasteiger partial charge is 0.465 e. The fraction of sp³-hybridized carbons (Fsp3) is 0.400. The minimum Gasteiger partial charge on any atom is -0.465 e. The van der Waals surface area contributed by atoms with E-state index in [-0.39, 0.29) is 5.78 Å². The summed E-state index contributed by atoms with van der Waals surface area (Å²) in [6, 6.07) is 7.86. The molecule has 0 aliphatic heterocycles. The van der Waals surface area contributed by atoms with Crippen molar-refractivity contribution in [3.05, 3.63) is 45.5 Å². The van der Waals surface area contributed by atoms with Crippen LogP contribution in [0, 0.1) is 6.92 Å². The summed E-state index contributed by atoms with van der Waals surface area (Å²) in [5, 5.41) is 0. The average Bonchev–Trinajstić information content (AvgIpc) is 2.98. The third kappa shape index (κ3) is 3.78. The lowest BCUT2D eigenvalue weighted by Crippen LogP contribution is -2.24. The second-order valence-corrected chi connectivity index (χ2v) is 5.90. The molecule has 2 aromatic heterocycles. The van der Waals surface area contributed by atoms with E-state index < -0.39 is 0 Å². The number of hydrogen-bond donors (Lipinski definition) is 0. The lowest BCUT2D eigenvalue weighted by molar-refractivity contribution is 0.0943. The number of thiophene rings is 1. The first-order valence-corrected chi connectivity index (χ1v) is 7.26. The Balaban J connectivity index is 1.91. The number of likely N-dealkylation sites (N-methyl/N-ethyl adjacent to an activating group) is 1. The van der Waals surface area contributed by atoms with Crippen LogP contribution in [0.5, 0.6) is 0 Å². The molecule has 2 rings (SSSR count). The molecule has 4 heteroatoms. The van der Waals surface area contributed by atoms with Gasteiger partial charge >= 0.3 is 0 Å². The topological polar surface area (TPSA) is 33.5 Å². The third-order valence-electron chi connectivity index (χ3n) is 2.92. The van der Waals surface area contributed by atoms with E-state index in [0.717, 1.165) is 22.8 Å². The van der Waals surface area contributed by atoms with E-state index in [4.69, 9.17) is 4.42 Å². The fourth-order valence-electron chi connectivity index (χ4n) is 1.93. The number of ketones is 1. The summed E-state index contributed by atoms with van der Waals surface area (Å²) in [5.74, 6) is 1.98. The van der Waals surface area contributed by atoms with Crippen molar-refractivity contribution in [2.24, 2.45) is 0 Å². The summed E-state index contributed by atoms with van der Waals surface area (Å²) >= 11 is 1.59. The van der Waals surface area contributed by atoms with Gasteiger partial charge in [-0.1, -0.05) is 6.92 Å². The van der Waals surface area contributed by atoms with E-state index in [9.17, 15) is 4.79 Å². The molecule has 102 valence electrons. The van der Waals surface area contributed by atoms with Crippen molar-refractivity contribution in [3.63, 3.8) is 0 Å². The van der Waals surface area contributed by atoms with Crippen molar-refractivity contribution in [2.45, 2.75) is 26.8 Å². The van der Waals surface area contributed by atoms with Gasteiger partial charge in [-0.05, 0) is 44.7 Å². The van der Waals surface area contributed by atoms with Crippen LogP contribution >= 0.6 is 11.3 Å². The molecule has 0 unspecified atom stereocenters. The number of carbonyl (C=O) groups is 1. The fourth-order valence-corrected chi connectivity index (χ4v) is 2.81. The Morgan fingerprint density at radius 1 is 1.32 bits per heavy atom. The minimum absolute atomic E-state index is 0.176. The molecule has 0 atom stereocenters. The van der Waals surface area contributed by atoms with Crippen molar-refractivity contribution in [2.75, 3.05) is 13.6 Å². The molecule has 0 saturated heterocycles. The van der Waals surface area contributed by atoms with Gasteiger partial charge < -0.3 is 4.42 Å². The van der Waals surface area contributed by atoms with Crippen molar-refractivity contribution >= 4 is 17.1 Å². The monoisotopic (exact) mass is 277 g/mol. The summed E-state index contributed by atoms with van der Waals surface area (Å²) in [4.78, 5) is 16.2. The van der Waals surface area contributed by atoms with Crippen molar-refractivity contribution < 1.29 is 9.21 Å². The molecule has 2 heterocycles. The van der Waals surface area contributed by atoms with E-state index in [1.165, 1.54) is 4.88 Å². The van der Waals surface area contributed by atoms with Crippen molar-refractivity contribution in [1.82, 2.24) is 4.90 Å². The highest BCUT2D eigenvalue weighted by atomic mass is 32.1. The summed E-state index contributed by atoms with van der Waals surface area (Å²) in [5.41, 5.74) is 0. The highest BCUT2D eigenvalue weighted by Crippen LogP contribution is 2.18. The number of aryl methyl sites for hydroxylation is 2. The number of carbonyl (C=O) groups excluding carboxylic acids is 1. The Labute approximate surface area is 117 Å². The van der Waals surface area contributed by atoms with E-state index in [2.05, 4.69) is 6.92 Å². The molecule has 19 heavy (non-hydrogen) atoms. The summed E-state index contributed by atoms with van der Waals surface area (Å²) in [7, 11) is 1.93. The van der Waals surface area contributed by atoms with Crippen LogP contribution in [0.15, 0.2) is 28.7 Å². The molecule has 0 bridgehead atoms. The molecule has 0 saturated carbocycles. The zero-order chi connectivity index (χ0) is 13.8. The molecule has 0 aliphatic carbocycles. The molecule has 2 aromatic rings. The van der Waals surface area contributed by atoms with E-state index in [1.54, 1.807) is 11.3 Å². The maximum absolute atomic E-state index is 12.1. The second kappa shape index (κ2) is 6.17. The standard InChI is InChI=1S/C15H19NO2S/c1-4-13-7-8-15(19-13)14(17)10-16(3)9-12-6-5-11(2)18-12/h5-8H,4,9-10H2,1-3H3. The first-order chi connectivity index (χ1) is 9.08. The van der Waals surface area contributed by atoms with Gasteiger partial charge in [0.05, 0.1) is 18.0 Å². The molecule has 3 nitrogen and oxygen atoms in total. The normalized spacial score (nSPS) is 11.2. The number of hydrogen-bond acceptors (Lipinski definition) is 4. The van der Waals surface area contributed by atoms with Gasteiger partial charge in [-0.25, -0.2) is 0 Å². The summed E-state index contributed by atoms with van der Waals surface area (Å²) < 4.78 is 5.51. The molecule has 0 radical (unpaired) electrons. The molecular weight excluding hydrogens is 258 g/mol. The Kier molecular flexibility index (Phi) is 4.56. The van der Waals surface area contributed by atoms with Crippen LogP contribution in [0.25, 0.3) is 0 Å². The molecule has 0 aliphatic rings. The van der Waals surface area contributed by atoms with Gasteiger partial charge in [0.2, 0.25) is 0 Å². The van der Waals surface area contributed by atoms with Crippen LogP contribution in [0.3, 0.4) is 0 Å². The second-order valence-electron chi connectivity index (χ2n) is 4.73. The Bertz CT molecular complexity index is 556. The molecule has 0 aromatic carbocycles. The molecule has 0 spiro atoms. The lowest BCUT2D eigenvalue weighted by Gasteiger charge is -2.13. The van der Waals surface area contributed by atoms with E-state index >= 15 is 0 Å². The summed E-state index contributed by atoms with van der Waals surface area (Å²) in [6.07, 6.45) is 0.986. The Morgan fingerprint density at radius 3 is 2.68 bits per heavy atom. The predicted molar refractivity (Wildman–Crippen MR) is 77.8 cm³/mol. The first-order valence-electron chi connectivity index (χ1n) is 6.44. The molecule has 0 fully saturated rings. The number of nitrogens with zero attached hydrogens (tertiary/aromatic N) is 1. The van der Waals surface area contributed by atoms with Crippen LogP contribution in [0.1, 0.15) is 33.0 Å². The Morgan fingerprint density at radius 2 is 2.11 bits per heavy atom. The average molecular weight is 277 g/mol. The van der Waals surface area contributed by atoms with Gasteiger partial charge in [-0.3, -0.25) is 9.69 Å². The highest BCUT2D eigenvalue weighted by molar-refractivity contribution is 7.14. The predicted octanol–water partition coefficient (Wildman–Crippen LogP) is 3.53. The minimum atomic E-state index is 0.176. The zero-order valence-corrected chi connectivity index (χ0v) is 12.4. The maximum atomic E-state index is 12.1. The maximum Gasteiger partial charge on any atom is 0.186 e. The van der Waals surface area contributed by atoms with Crippen LogP contribution in [-0.4, -0.2) is 24.3 Å². The zero-order valence-electron chi connectivity index (χ0n) is 11.6. The number of furan rings is 1. The summed E-state index contributed by atoms with van der Waals surface area (Å²) in [6.45, 7) is 5.10. The van der Waals surface area contributed by atoms with Gasteiger partial charge in [-0.2, -0.15) is 0 Å². The van der Waals surface area contributed by atoms with Gasteiger partial charge in [0.1, 0.15) is 11.5 Å². The molecular formula is C15H19NO2S. The van der Waals surface area contributed by atoms with Gasteiger partial charge in [0.15, 0.2) is 5.78 Å². The van der Waals surface area contributed by atoms with Gasteiger partial charge in [0.25, 0.3) is 0 Å². The lowest BCUT2D eigenvalue weighted by atomic mass is 10.3. The third-order valence-corrected chi connectivity index (χ3v) is 4.19. The van der Waals surface area contributed by atoms with Crippen molar-refractivity contribution in [3.8, 4) is 0 Å². The van der Waals surface area contributed by atoms with Crippen LogP contribution in [-0.2, 0) is 13.0 Å². The molecule has 0 N–H and O–H groups in total. The van der Waals surface area contributed by atoms with Gasteiger partial charge in [-0.15, -0.1) is 11.3 Å². The highest BCUT2D eigenvalue weighted by Gasteiger charge is 2.13. The van der Waals surface area contributed by atoms with E-state index in [0.29, 0.717) is 13.1 Å². The quantitative estimate of drug-likeness (QED) is 0.757. The van der Waals surface area contributed by atoms with E-state index in [1.807, 2.05) is 43.1 Å². The first kappa shape index (κ1) is 14.0. The van der Waals surface area contributed by atoms with Crippen LogP contribution in [0.2, 0.25) is 0 Å². The number of rotatable bonds is 6. The number of Topliss-reactive ketones (excluding diaryl/α,β-unsaturated/α-hetero) is 1. The molecule has 0 amide bonds. The van der Waals surface area contributed by atoms with Crippen LogP contribution in [0.4, 0.5) is 0 Å². The van der Waals surface area contributed by atoms with Gasteiger partial charge in [0, 0.05) is 4.88 Å². The smallest absolute Gasteiger partial charge is 0.186 e. The van der Waals surface area contributed by atoms with Crippen LogP contribution < -0.4 is 0 Å². The SMILES string of the molecule is CCc1ccc(C(=O)CN(C)Cc2ccc(C)o2)s1.